The Morgan fingerprint density at radius 1 is 0.833 bits per heavy atom. The van der Waals surface area contributed by atoms with Crippen LogP contribution >= 0.6 is 0 Å². The average molecular weight is 160 g/mol. The van der Waals surface area contributed by atoms with Crippen LogP contribution in [0.2, 0.25) is 0 Å². The van der Waals surface area contributed by atoms with Crippen molar-refractivity contribution in [3.63, 3.8) is 0 Å². The van der Waals surface area contributed by atoms with Crippen LogP contribution < -0.4 is 0 Å². The standard InChI is InChI=1S/C8H8N4/c1-5-3-9-8-7(11-5)10-4-6(2)12-8/h3-4H,1-2H3. The molecule has 0 N–H and O–H groups in total. The molecular weight excluding hydrogens is 152 g/mol. The minimum atomic E-state index is 0.612. The molecule has 0 aliphatic heterocycles. The summed E-state index contributed by atoms with van der Waals surface area (Å²) in [6, 6.07) is 0. The third-order valence-corrected chi connectivity index (χ3v) is 1.51. The largest absolute Gasteiger partial charge is 0.232 e. The van der Waals surface area contributed by atoms with Crippen molar-refractivity contribution in [3.05, 3.63) is 23.8 Å². The van der Waals surface area contributed by atoms with E-state index >= 15 is 0 Å². The fraction of sp³-hybridized carbons (Fsp3) is 0.250. The maximum atomic E-state index is 4.18. The van der Waals surface area contributed by atoms with Crippen molar-refractivity contribution in [1.82, 2.24) is 19.9 Å². The van der Waals surface area contributed by atoms with Gasteiger partial charge in [-0.25, -0.2) is 19.9 Å². The molecule has 0 amide bonds. The molecule has 0 saturated heterocycles. The molecule has 2 heterocycles. The Labute approximate surface area is 69.7 Å². The quantitative estimate of drug-likeness (QED) is 0.577. The third-order valence-electron chi connectivity index (χ3n) is 1.51. The topological polar surface area (TPSA) is 51.6 Å². The SMILES string of the molecule is Cc1cnc2nc(C)cnc2n1. The summed E-state index contributed by atoms with van der Waals surface area (Å²) in [4.78, 5) is 16.6. The Bertz CT molecular complexity index is 383. The average Bonchev–Trinajstić information content (AvgIpc) is 2.05. The van der Waals surface area contributed by atoms with Gasteiger partial charge >= 0.3 is 0 Å². The van der Waals surface area contributed by atoms with E-state index in [-0.39, 0.29) is 0 Å². The Morgan fingerprint density at radius 2 is 1.25 bits per heavy atom. The first kappa shape index (κ1) is 7.09. The van der Waals surface area contributed by atoms with Gasteiger partial charge in [0.2, 0.25) is 0 Å². The lowest BCUT2D eigenvalue weighted by atomic mass is 10.4. The maximum absolute atomic E-state index is 4.18. The lowest BCUT2D eigenvalue weighted by molar-refractivity contribution is 1.08. The molecule has 2 aromatic heterocycles. The minimum Gasteiger partial charge on any atom is -0.232 e. The molecular formula is C8H8N4. The second kappa shape index (κ2) is 2.48. The zero-order chi connectivity index (χ0) is 8.55. The maximum Gasteiger partial charge on any atom is 0.198 e. The predicted molar refractivity (Wildman–Crippen MR) is 44.6 cm³/mol. The number of aryl methyl sites for hydroxylation is 2. The highest BCUT2D eigenvalue weighted by Crippen LogP contribution is 2.03. The molecule has 0 aliphatic carbocycles. The Balaban J connectivity index is 2.79. The fourth-order valence-electron chi connectivity index (χ4n) is 0.974. The van der Waals surface area contributed by atoms with Crippen LogP contribution in [0, 0.1) is 13.8 Å². The van der Waals surface area contributed by atoms with Gasteiger partial charge in [-0.15, -0.1) is 0 Å². The van der Waals surface area contributed by atoms with Crippen LogP contribution in [0.15, 0.2) is 12.4 Å². The molecule has 60 valence electrons. The van der Waals surface area contributed by atoms with Crippen LogP contribution in [-0.2, 0) is 0 Å². The van der Waals surface area contributed by atoms with Gasteiger partial charge in [0, 0.05) is 0 Å². The van der Waals surface area contributed by atoms with Crippen molar-refractivity contribution in [2.45, 2.75) is 13.8 Å². The summed E-state index contributed by atoms with van der Waals surface area (Å²) in [5.74, 6) is 0. The Kier molecular flexibility index (Phi) is 1.46. The second-order valence-electron chi connectivity index (χ2n) is 2.67. The zero-order valence-electron chi connectivity index (χ0n) is 6.94. The van der Waals surface area contributed by atoms with Crippen LogP contribution in [0.3, 0.4) is 0 Å². The number of rotatable bonds is 0. The summed E-state index contributed by atoms with van der Waals surface area (Å²) in [6.45, 7) is 3.77. The van der Waals surface area contributed by atoms with E-state index in [4.69, 9.17) is 0 Å². The zero-order valence-corrected chi connectivity index (χ0v) is 6.94. The normalized spacial score (nSPS) is 10.5. The van der Waals surface area contributed by atoms with Gasteiger partial charge in [0.1, 0.15) is 0 Å². The van der Waals surface area contributed by atoms with E-state index in [9.17, 15) is 0 Å². The van der Waals surface area contributed by atoms with Crippen molar-refractivity contribution in [1.29, 1.82) is 0 Å². The first-order valence-corrected chi connectivity index (χ1v) is 3.69. The summed E-state index contributed by atoms with van der Waals surface area (Å²) in [6.07, 6.45) is 3.38. The van der Waals surface area contributed by atoms with E-state index in [1.807, 2.05) is 13.8 Å². The molecule has 0 unspecified atom stereocenters. The predicted octanol–water partition coefficient (Wildman–Crippen LogP) is 1.04. The van der Waals surface area contributed by atoms with Crippen molar-refractivity contribution < 1.29 is 0 Å². The van der Waals surface area contributed by atoms with Gasteiger partial charge in [-0.3, -0.25) is 0 Å². The van der Waals surface area contributed by atoms with E-state index in [2.05, 4.69) is 19.9 Å². The Hall–Kier alpha value is -1.58. The molecule has 0 spiro atoms. The van der Waals surface area contributed by atoms with Crippen molar-refractivity contribution in [3.8, 4) is 0 Å². The molecule has 4 nitrogen and oxygen atoms in total. The van der Waals surface area contributed by atoms with E-state index < -0.39 is 0 Å². The highest BCUT2D eigenvalue weighted by atomic mass is 15.0. The summed E-state index contributed by atoms with van der Waals surface area (Å²) in [5, 5.41) is 0. The third kappa shape index (κ3) is 1.11. The number of hydrogen-bond donors (Lipinski definition) is 0. The molecule has 2 aromatic rings. The van der Waals surface area contributed by atoms with Gasteiger partial charge in [0.25, 0.3) is 0 Å². The van der Waals surface area contributed by atoms with Gasteiger partial charge in [-0.05, 0) is 13.8 Å². The monoisotopic (exact) mass is 160 g/mol. The van der Waals surface area contributed by atoms with Crippen molar-refractivity contribution in [2.24, 2.45) is 0 Å². The number of hydrogen-bond acceptors (Lipinski definition) is 4. The number of aromatic nitrogens is 4. The molecule has 0 atom stereocenters. The first-order chi connectivity index (χ1) is 5.75. The molecule has 0 radical (unpaired) electrons. The van der Waals surface area contributed by atoms with E-state index in [0.29, 0.717) is 11.3 Å². The summed E-state index contributed by atoms with van der Waals surface area (Å²) < 4.78 is 0. The molecule has 0 bridgehead atoms. The molecule has 0 saturated carbocycles. The highest BCUT2D eigenvalue weighted by molar-refractivity contribution is 5.63. The van der Waals surface area contributed by atoms with Crippen LogP contribution in [-0.4, -0.2) is 19.9 Å². The lowest BCUT2D eigenvalue weighted by Gasteiger charge is -1.96. The molecule has 0 fully saturated rings. The molecule has 2 rings (SSSR count). The molecule has 0 aliphatic rings. The van der Waals surface area contributed by atoms with Gasteiger partial charge in [-0.1, -0.05) is 0 Å². The lowest BCUT2D eigenvalue weighted by Crippen LogP contribution is -1.94. The first-order valence-electron chi connectivity index (χ1n) is 3.69. The van der Waals surface area contributed by atoms with Crippen LogP contribution in [0.4, 0.5) is 0 Å². The van der Waals surface area contributed by atoms with Gasteiger partial charge in [0.15, 0.2) is 11.3 Å². The van der Waals surface area contributed by atoms with Crippen LogP contribution in [0.25, 0.3) is 11.3 Å². The van der Waals surface area contributed by atoms with Gasteiger partial charge in [0.05, 0.1) is 23.8 Å². The molecule has 0 aromatic carbocycles. The Morgan fingerprint density at radius 3 is 1.67 bits per heavy atom. The van der Waals surface area contributed by atoms with Gasteiger partial charge in [-0.2, -0.15) is 0 Å². The molecule has 4 heteroatoms. The highest BCUT2D eigenvalue weighted by Gasteiger charge is 1.98. The van der Waals surface area contributed by atoms with E-state index in [0.717, 1.165) is 11.4 Å². The van der Waals surface area contributed by atoms with Crippen molar-refractivity contribution in [2.75, 3.05) is 0 Å². The fourth-order valence-corrected chi connectivity index (χ4v) is 0.974. The second-order valence-corrected chi connectivity index (χ2v) is 2.67. The van der Waals surface area contributed by atoms with Crippen LogP contribution in [0.5, 0.6) is 0 Å². The minimum absolute atomic E-state index is 0.612. The summed E-state index contributed by atoms with van der Waals surface area (Å²) in [5.41, 5.74) is 2.95. The number of fused-ring (bicyclic) bond motifs is 1. The van der Waals surface area contributed by atoms with Gasteiger partial charge < -0.3 is 0 Å². The van der Waals surface area contributed by atoms with E-state index in [1.54, 1.807) is 12.4 Å². The van der Waals surface area contributed by atoms with Crippen molar-refractivity contribution >= 4 is 11.3 Å². The molecule has 12 heavy (non-hydrogen) atoms. The smallest absolute Gasteiger partial charge is 0.198 e. The summed E-state index contributed by atoms with van der Waals surface area (Å²) >= 11 is 0. The van der Waals surface area contributed by atoms with E-state index in [1.165, 1.54) is 0 Å². The number of nitrogens with zero attached hydrogens (tertiary/aromatic N) is 4. The summed E-state index contributed by atoms with van der Waals surface area (Å²) in [7, 11) is 0. The van der Waals surface area contributed by atoms with Crippen LogP contribution in [0.1, 0.15) is 11.4 Å².